The van der Waals surface area contributed by atoms with Gasteiger partial charge in [0.2, 0.25) is 11.8 Å². The van der Waals surface area contributed by atoms with E-state index in [1.807, 2.05) is 13.0 Å². The molecule has 3 aromatic rings. The highest BCUT2D eigenvalue weighted by molar-refractivity contribution is 5.85. The zero-order valence-corrected chi connectivity index (χ0v) is 18.3. The number of ether oxygens (including phenoxy) is 3. The maximum Gasteiger partial charge on any atom is 0.387 e. The average molecular weight is 458 g/mol. The predicted molar refractivity (Wildman–Crippen MR) is 116 cm³/mol. The number of amides is 1. The molecule has 1 saturated carbocycles. The molecule has 33 heavy (non-hydrogen) atoms. The van der Waals surface area contributed by atoms with Crippen molar-refractivity contribution in [3.8, 4) is 28.6 Å². The van der Waals surface area contributed by atoms with E-state index >= 15 is 0 Å². The molecule has 10 heteroatoms. The minimum atomic E-state index is -2.95. The lowest BCUT2D eigenvalue weighted by Crippen LogP contribution is -2.26. The molecular weight excluding hydrogens is 434 g/mol. The number of methoxy groups -OCH3 is 1. The Kier molecular flexibility index (Phi) is 5.51. The molecule has 8 nitrogen and oxygen atoms in total. The number of alkyl halides is 2. The van der Waals surface area contributed by atoms with Gasteiger partial charge in [-0.25, -0.2) is 9.97 Å². The first-order valence-electron chi connectivity index (χ1n) is 10.9. The number of aromatic nitrogens is 3. The van der Waals surface area contributed by atoms with Crippen LogP contribution < -0.4 is 19.5 Å². The van der Waals surface area contributed by atoms with Crippen molar-refractivity contribution in [1.82, 2.24) is 19.9 Å². The van der Waals surface area contributed by atoms with Crippen LogP contribution in [0.2, 0.25) is 0 Å². The third-order valence-corrected chi connectivity index (χ3v) is 6.11. The topological polar surface area (TPSA) is 87.5 Å². The number of hydrogen-bond donors (Lipinski definition) is 1. The molecule has 2 fully saturated rings. The number of benzene rings is 1. The maximum absolute atomic E-state index is 12.7. The fourth-order valence-electron chi connectivity index (χ4n) is 4.14. The summed E-state index contributed by atoms with van der Waals surface area (Å²) in [5.74, 6) is 0.610. The van der Waals surface area contributed by atoms with Gasteiger partial charge in [0.1, 0.15) is 11.6 Å². The molecule has 0 radical (unpaired) electrons. The van der Waals surface area contributed by atoms with Crippen molar-refractivity contribution in [2.45, 2.75) is 44.9 Å². The summed E-state index contributed by atoms with van der Waals surface area (Å²) >= 11 is 0. The van der Waals surface area contributed by atoms with Crippen LogP contribution in [0, 0.1) is 5.92 Å². The number of rotatable bonds is 8. The number of carbonyl (C=O) groups is 1. The molecule has 1 N–H and O–H groups in total. The lowest BCUT2D eigenvalue weighted by Gasteiger charge is -2.20. The average Bonchev–Trinajstić information content (AvgIpc) is 3.39. The first kappa shape index (κ1) is 21.4. The molecule has 3 heterocycles. The second-order valence-electron chi connectivity index (χ2n) is 8.40. The van der Waals surface area contributed by atoms with Crippen molar-refractivity contribution in [3.63, 3.8) is 0 Å². The zero-order valence-electron chi connectivity index (χ0n) is 18.3. The number of halogens is 2. The van der Waals surface area contributed by atoms with Gasteiger partial charge >= 0.3 is 6.61 Å². The summed E-state index contributed by atoms with van der Waals surface area (Å²) in [6.45, 7) is -0.459. The van der Waals surface area contributed by atoms with Crippen molar-refractivity contribution in [3.05, 3.63) is 30.6 Å². The summed E-state index contributed by atoms with van der Waals surface area (Å²) in [6.07, 6.45) is 4.12. The number of imidazole rings is 1. The Balaban J connectivity index is 1.54. The molecule has 1 unspecified atom stereocenters. The first-order chi connectivity index (χ1) is 15.9. The summed E-state index contributed by atoms with van der Waals surface area (Å²) in [5, 5.41) is 2.84. The van der Waals surface area contributed by atoms with Crippen LogP contribution in [0.5, 0.6) is 17.4 Å². The van der Waals surface area contributed by atoms with E-state index in [4.69, 9.17) is 14.5 Å². The number of carbonyl (C=O) groups excluding carboxylic acids is 1. The normalized spacial score (nSPS) is 19.1. The SMILES string of the molecule is COc1cc(-c2cc3ncn(C4CC4)c3c(O[C@H](C)C3CNC(=O)C3)n2)ccc1OC(F)F. The summed E-state index contributed by atoms with van der Waals surface area (Å²) in [6, 6.07) is 6.87. The molecular formula is C23H24F2N4O4. The van der Waals surface area contributed by atoms with Crippen LogP contribution in [0.1, 0.15) is 32.2 Å². The second kappa shape index (κ2) is 8.49. The molecule has 1 amide bonds. The van der Waals surface area contributed by atoms with Crippen molar-refractivity contribution < 1.29 is 27.8 Å². The van der Waals surface area contributed by atoms with E-state index in [1.54, 1.807) is 18.5 Å². The molecule has 1 aromatic carbocycles. The van der Waals surface area contributed by atoms with E-state index < -0.39 is 6.61 Å². The predicted octanol–water partition coefficient (Wildman–Crippen LogP) is 3.95. The van der Waals surface area contributed by atoms with Crippen molar-refractivity contribution in [1.29, 1.82) is 0 Å². The first-order valence-corrected chi connectivity index (χ1v) is 10.9. The minimum Gasteiger partial charge on any atom is -0.493 e. The third kappa shape index (κ3) is 4.29. The van der Waals surface area contributed by atoms with E-state index in [-0.39, 0.29) is 29.4 Å². The second-order valence-corrected chi connectivity index (χ2v) is 8.40. The van der Waals surface area contributed by atoms with E-state index in [9.17, 15) is 13.6 Å². The van der Waals surface area contributed by atoms with Crippen molar-refractivity contribution >= 4 is 16.9 Å². The minimum absolute atomic E-state index is 0.0172. The van der Waals surface area contributed by atoms with E-state index in [0.717, 1.165) is 23.9 Å². The quantitative estimate of drug-likeness (QED) is 0.550. The van der Waals surface area contributed by atoms with Crippen LogP contribution in [-0.2, 0) is 4.79 Å². The zero-order chi connectivity index (χ0) is 23.1. The van der Waals surface area contributed by atoms with Gasteiger partial charge in [0.15, 0.2) is 11.5 Å². The molecule has 0 spiro atoms. The Morgan fingerprint density at radius 1 is 1.18 bits per heavy atom. The molecule has 2 atom stereocenters. The molecule has 2 aromatic heterocycles. The van der Waals surface area contributed by atoms with E-state index in [2.05, 4.69) is 19.6 Å². The van der Waals surface area contributed by atoms with Gasteiger partial charge < -0.3 is 24.1 Å². The molecule has 1 aliphatic carbocycles. The van der Waals surface area contributed by atoms with Gasteiger partial charge in [-0.05, 0) is 44.0 Å². The standard InChI is InChI=1S/C23H24F2N4O4/c1-12(14-8-20(30)26-10-14)32-22-21-17(27-11-29(21)15-4-5-15)9-16(28-22)13-3-6-18(33-23(24)25)19(7-13)31-2/h3,6-7,9,11-12,14-15,23H,4-5,8,10H2,1-2H3,(H,26,30)/t12-,14?/m1/s1. The highest BCUT2D eigenvalue weighted by atomic mass is 19.3. The maximum atomic E-state index is 12.7. The number of pyridine rings is 1. The summed E-state index contributed by atoms with van der Waals surface area (Å²) in [5.41, 5.74) is 2.75. The van der Waals surface area contributed by atoms with Crippen molar-refractivity contribution in [2.75, 3.05) is 13.7 Å². The van der Waals surface area contributed by atoms with E-state index in [1.165, 1.54) is 13.2 Å². The molecule has 1 aliphatic heterocycles. The smallest absolute Gasteiger partial charge is 0.387 e. The fraction of sp³-hybridized carbons (Fsp3) is 0.435. The Morgan fingerprint density at radius 2 is 2.00 bits per heavy atom. The van der Waals surface area contributed by atoms with Gasteiger partial charge in [0, 0.05) is 30.5 Å². The Bertz CT molecular complexity index is 1190. The molecule has 1 saturated heterocycles. The number of nitrogens with zero attached hydrogens (tertiary/aromatic N) is 3. The van der Waals surface area contributed by atoms with Gasteiger partial charge in [0.05, 0.1) is 24.6 Å². The van der Waals surface area contributed by atoms with Crippen LogP contribution in [0.3, 0.4) is 0 Å². The van der Waals surface area contributed by atoms with Crippen LogP contribution in [0.25, 0.3) is 22.3 Å². The van der Waals surface area contributed by atoms with Crippen LogP contribution in [-0.4, -0.2) is 46.8 Å². The summed E-state index contributed by atoms with van der Waals surface area (Å²) in [4.78, 5) is 21.0. The highest BCUT2D eigenvalue weighted by Gasteiger charge is 2.31. The summed E-state index contributed by atoms with van der Waals surface area (Å²) in [7, 11) is 1.39. The van der Waals surface area contributed by atoms with Crippen LogP contribution in [0.4, 0.5) is 8.78 Å². The van der Waals surface area contributed by atoms with Crippen molar-refractivity contribution in [2.24, 2.45) is 5.92 Å². The molecule has 174 valence electrons. The fourth-order valence-corrected chi connectivity index (χ4v) is 4.14. The third-order valence-electron chi connectivity index (χ3n) is 6.11. The van der Waals surface area contributed by atoms with Gasteiger partial charge in [-0.3, -0.25) is 4.79 Å². The number of nitrogens with one attached hydrogen (secondary N) is 1. The number of hydrogen-bond acceptors (Lipinski definition) is 6. The van der Waals surface area contributed by atoms with Crippen LogP contribution >= 0.6 is 0 Å². The van der Waals surface area contributed by atoms with Gasteiger partial charge in [-0.1, -0.05) is 0 Å². The Hall–Kier alpha value is -3.43. The lowest BCUT2D eigenvalue weighted by molar-refractivity contribution is -0.119. The Morgan fingerprint density at radius 3 is 2.67 bits per heavy atom. The van der Waals surface area contributed by atoms with E-state index in [0.29, 0.717) is 36.1 Å². The van der Waals surface area contributed by atoms with Crippen LogP contribution in [0.15, 0.2) is 30.6 Å². The van der Waals surface area contributed by atoms with Gasteiger partial charge in [-0.15, -0.1) is 0 Å². The lowest BCUT2D eigenvalue weighted by atomic mass is 10.0. The largest absolute Gasteiger partial charge is 0.493 e. The molecule has 5 rings (SSSR count). The van der Waals surface area contributed by atoms with Gasteiger partial charge in [0.25, 0.3) is 0 Å². The molecule has 0 bridgehead atoms. The molecule has 2 aliphatic rings. The van der Waals surface area contributed by atoms with Gasteiger partial charge in [-0.2, -0.15) is 8.78 Å². The monoisotopic (exact) mass is 458 g/mol. The number of fused-ring (bicyclic) bond motifs is 1. The Labute approximate surface area is 188 Å². The highest BCUT2D eigenvalue weighted by Crippen LogP contribution is 2.41. The summed E-state index contributed by atoms with van der Waals surface area (Å²) < 4.78 is 43.5.